The summed E-state index contributed by atoms with van der Waals surface area (Å²) in [6, 6.07) is 0. The molecule has 0 atom stereocenters. The Kier molecular flexibility index (Phi) is 5.51. The van der Waals surface area contributed by atoms with Crippen LogP contribution < -0.4 is 0 Å². The van der Waals surface area contributed by atoms with Crippen molar-refractivity contribution < 1.29 is 15.3 Å². The van der Waals surface area contributed by atoms with E-state index in [2.05, 4.69) is 0 Å². The first-order valence-electron chi connectivity index (χ1n) is 2.89. The Morgan fingerprint density at radius 2 is 1.89 bits per heavy atom. The van der Waals surface area contributed by atoms with Crippen molar-refractivity contribution in [3.8, 4) is 0 Å². The zero-order chi connectivity index (χ0) is 7.11. The van der Waals surface area contributed by atoms with Crippen LogP contribution in [0.4, 0.5) is 0 Å². The highest BCUT2D eigenvalue weighted by molar-refractivity contribution is 4.80. The number of rotatable bonds is 4. The average molecular weight is 132 g/mol. The van der Waals surface area contributed by atoms with Crippen molar-refractivity contribution in [1.29, 1.82) is 0 Å². The third-order valence-electron chi connectivity index (χ3n) is 0.864. The molecule has 0 aromatic rings. The highest BCUT2D eigenvalue weighted by atomic mass is 16.5. The average Bonchev–Trinajstić information content (AvgIpc) is 1.80. The molecule has 0 aromatic heterocycles. The molecular weight excluding hydrogens is 120 g/mol. The third kappa shape index (κ3) is 7.62. The third-order valence-corrected chi connectivity index (χ3v) is 0.864. The molecule has 0 radical (unpaired) electrons. The molecule has 0 saturated heterocycles. The quantitative estimate of drug-likeness (QED) is 0.361. The highest BCUT2D eigenvalue weighted by Gasteiger charge is 1.91. The second-order valence-corrected chi connectivity index (χ2v) is 1.71. The maximum atomic E-state index is 8.31. The van der Waals surface area contributed by atoms with Gasteiger partial charge < -0.3 is 15.3 Å². The van der Waals surface area contributed by atoms with Gasteiger partial charge in [0.1, 0.15) is 0 Å². The van der Waals surface area contributed by atoms with Gasteiger partial charge in [-0.1, -0.05) is 12.2 Å². The summed E-state index contributed by atoms with van der Waals surface area (Å²) in [5.74, 6) is 0. The number of hydrogen-bond acceptors (Lipinski definition) is 3. The Morgan fingerprint density at radius 3 is 2.33 bits per heavy atom. The van der Waals surface area contributed by atoms with E-state index >= 15 is 0 Å². The Morgan fingerprint density at radius 1 is 1.22 bits per heavy atom. The molecule has 0 bridgehead atoms. The first kappa shape index (κ1) is 8.62. The molecule has 0 fully saturated rings. The van der Waals surface area contributed by atoms with Crippen molar-refractivity contribution in [3.05, 3.63) is 12.2 Å². The van der Waals surface area contributed by atoms with E-state index in [1.54, 1.807) is 12.2 Å². The van der Waals surface area contributed by atoms with Crippen LogP contribution in [0.1, 0.15) is 12.8 Å². The molecule has 0 amide bonds. The van der Waals surface area contributed by atoms with Crippen molar-refractivity contribution >= 4 is 0 Å². The van der Waals surface area contributed by atoms with Gasteiger partial charge in [-0.3, -0.25) is 0 Å². The van der Waals surface area contributed by atoms with Crippen LogP contribution in [0, 0.1) is 0 Å². The molecule has 0 heterocycles. The minimum absolute atomic E-state index is 0.0154. The van der Waals surface area contributed by atoms with Gasteiger partial charge in [-0.25, -0.2) is 0 Å². The van der Waals surface area contributed by atoms with Gasteiger partial charge in [0.25, 0.3) is 0 Å². The summed E-state index contributed by atoms with van der Waals surface area (Å²) < 4.78 is 0. The number of aliphatic hydroxyl groups excluding tert-OH is 2. The van der Waals surface area contributed by atoms with E-state index in [1.807, 2.05) is 0 Å². The summed E-state index contributed by atoms with van der Waals surface area (Å²) in [5.41, 5.74) is 0. The molecule has 3 heteroatoms. The van der Waals surface area contributed by atoms with Crippen LogP contribution in [0.25, 0.3) is 0 Å². The van der Waals surface area contributed by atoms with Gasteiger partial charge in [-0.15, -0.1) is 0 Å². The molecule has 0 aliphatic heterocycles. The van der Waals surface area contributed by atoms with Crippen LogP contribution in [0.5, 0.6) is 0 Å². The summed E-state index contributed by atoms with van der Waals surface area (Å²) in [5, 5.41) is 24.8. The highest BCUT2D eigenvalue weighted by Crippen LogP contribution is 1.93. The molecule has 9 heavy (non-hydrogen) atoms. The molecule has 0 rings (SSSR count). The Balaban J connectivity index is 2.99. The Labute approximate surface area is 54.3 Å². The molecule has 0 aliphatic carbocycles. The maximum Gasteiger partial charge on any atom is 0.151 e. The van der Waals surface area contributed by atoms with E-state index in [-0.39, 0.29) is 6.61 Å². The monoisotopic (exact) mass is 132 g/mol. The minimum Gasteiger partial charge on any atom is -0.392 e. The van der Waals surface area contributed by atoms with Crippen molar-refractivity contribution in [3.63, 3.8) is 0 Å². The van der Waals surface area contributed by atoms with Crippen LogP contribution in [0.15, 0.2) is 12.2 Å². The lowest BCUT2D eigenvalue weighted by Gasteiger charge is -1.96. The zero-order valence-electron chi connectivity index (χ0n) is 5.20. The second kappa shape index (κ2) is 5.75. The van der Waals surface area contributed by atoms with E-state index in [9.17, 15) is 0 Å². The maximum absolute atomic E-state index is 8.31. The predicted molar refractivity (Wildman–Crippen MR) is 33.7 cm³/mol. The number of allylic oxidation sites excluding steroid dienone is 1. The van der Waals surface area contributed by atoms with E-state index in [0.29, 0.717) is 12.8 Å². The zero-order valence-corrected chi connectivity index (χ0v) is 5.20. The molecule has 0 unspecified atom stereocenters. The Hall–Kier alpha value is -0.380. The fourth-order valence-electron chi connectivity index (χ4n) is 0.438. The lowest BCUT2D eigenvalue weighted by Crippen LogP contribution is -2.01. The van der Waals surface area contributed by atoms with Crippen LogP contribution in [-0.2, 0) is 0 Å². The summed E-state index contributed by atoms with van der Waals surface area (Å²) in [6.45, 7) is 0.0154. The topological polar surface area (TPSA) is 60.7 Å². The first-order chi connectivity index (χ1) is 4.27. The minimum atomic E-state index is -1.23. The van der Waals surface area contributed by atoms with Gasteiger partial charge in [0.15, 0.2) is 6.29 Å². The molecule has 54 valence electrons. The van der Waals surface area contributed by atoms with Crippen LogP contribution in [0.2, 0.25) is 0 Å². The smallest absolute Gasteiger partial charge is 0.151 e. The molecule has 0 spiro atoms. The first-order valence-corrected chi connectivity index (χ1v) is 2.89. The molecule has 0 aromatic carbocycles. The molecule has 0 aliphatic rings. The molecule has 3 N–H and O–H groups in total. The number of hydrogen-bond donors (Lipinski definition) is 3. The summed E-state index contributed by atoms with van der Waals surface area (Å²) >= 11 is 0. The van der Waals surface area contributed by atoms with E-state index in [1.165, 1.54) is 0 Å². The fraction of sp³-hybridized carbons (Fsp3) is 0.667. The van der Waals surface area contributed by atoms with Crippen LogP contribution in [-0.4, -0.2) is 28.2 Å². The molecule has 0 saturated carbocycles. The van der Waals surface area contributed by atoms with Gasteiger partial charge in [-0.2, -0.15) is 0 Å². The standard InChI is InChI=1S/C6H12O3/c7-5-3-1-2-4-6(8)9/h1,3,6-9H,2,4-5H2. The van der Waals surface area contributed by atoms with Crippen molar-refractivity contribution in [1.82, 2.24) is 0 Å². The molecular formula is C6H12O3. The van der Waals surface area contributed by atoms with E-state index < -0.39 is 6.29 Å². The summed E-state index contributed by atoms with van der Waals surface area (Å²) in [4.78, 5) is 0. The van der Waals surface area contributed by atoms with E-state index in [4.69, 9.17) is 15.3 Å². The lowest BCUT2D eigenvalue weighted by atomic mass is 10.3. The van der Waals surface area contributed by atoms with Gasteiger partial charge in [0.05, 0.1) is 6.61 Å². The predicted octanol–water partition coefficient (Wildman–Crippen LogP) is -0.374. The molecule has 3 nitrogen and oxygen atoms in total. The summed E-state index contributed by atoms with van der Waals surface area (Å²) in [7, 11) is 0. The van der Waals surface area contributed by atoms with Crippen molar-refractivity contribution in [2.45, 2.75) is 19.1 Å². The number of aliphatic hydroxyl groups is 3. The van der Waals surface area contributed by atoms with E-state index in [0.717, 1.165) is 0 Å². The second-order valence-electron chi connectivity index (χ2n) is 1.71. The lowest BCUT2D eigenvalue weighted by molar-refractivity contribution is -0.0442. The SMILES string of the molecule is OCC=CCCC(O)O. The normalized spacial score (nSPS) is 11.6. The van der Waals surface area contributed by atoms with Crippen molar-refractivity contribution in [2.24, 2.45) is 0 Å². The summed E-state index contributed by atoms with van der Waals surface area (Å²) in [6.07, 6.45) is 2.98. The van der Waals surface area contributed by atoms with Gasteiger partial charge >= 0.3 is 0 Å². The van der Waals surface area contributed by atoms with Crippen molar-refractivity contribution in [2.75, 3.05) is 6.61 Å². The van der Waals surface area contributed by atoms with Gasteiger partial charge in [-0.05, 0) is 6.42 Å². The van der Waals surface area contributed by atoms with Gasteiger partial charge in [0, 0.05) is 6.42 Å². The Bertz CT molecular complexity index is 78.4. The van der Waals surface area contributed by atoms with Gasteiger partial charge in [0.2, 0.25) is 0 Å². The van der Waals surface area contributed by atoms with Crippen LogP contribution >= 0.6 is 0 Å². The fourth-order valence-corrected chi connectivity index (χ4v) is 0.438. The largest absolute Gasteiger partial charge is 0.392 e. The van der Waals surface area contributed by atoms with Crippen LogP contribution in [0.3, 0.4) is 0 Å².